The fourth-order valence-corrected chi connectivity index (χ4v) is 4.71. The summed E-state index contributed by atoms with van der Waals surface area (Å²) in [6.45, 7) is 3.67. The number of rotatable bonds is 4. The summed E-state index contributed by atoms with van der Waals surface area (Å²) in [5, 5.41) is 20.2. The summed E-state index contributed by atoms with van der Waals surface area (Å²) in [4.78, 5) is 17.8. The molecule has 2 aliphatic rings. The Labute approximate surface area is 208 Å². The molecule has 4 aromatic rings. The Morgan fingerprint density at radius 2 is 1.86 bits per heavy atom. The molecule has 36 heavy (non-hydrogen) atoms. The first kappa shape index (κ1) is 23.6. The highest BCUT2D eigenvalue weighted by atomic mass is 16.5. The monoisotopic (exact) mass is 487 g/mol. The molecule has 10 heteroatoms. The van der Waals surface area contributed by atoms with E-state index in [4.69, 9.17) is 25.5 Å². The second kappa shape index (κ2) is 10.2. The number of carboxylic acids is 1. The van der Waals surface area contributed by atoms with E-state index in [1.54, 1.807) is 0 Å². The van der Waals surface area contributed by atoms with Gasteiger partial charge in [0.25, 0.3) is 5.97 Å². The molecule has 186 valence electrons. The second-order valence-electron chi connectivity index (χ2n) is 8.87. The second-order valence-corrected chi connectivity index (χ2v) is 8.87. The molecular weight excluding hydrogens is 458 g/mol. The highest BCUT2D eigenvalue weighted by Gasteiger charge is 2.25. The lowest BCUT2D eigenvalue weighted by Gasteiger charge is -2.23. The number of hydrogen-bond acceptors (Lipinski definition) is 8. The van der Waals surface area contributed by atoms with Crippen molar-refractivity contribution in [3.8, 4) is 17.0 Å². The third-order valence-electron chi connectivity index (χ3n) is 6.37. The number of aromatic nitrogens is 4. The molecule has 2 aliphatic heterocycles. The quantitative estimate of drug-likeness (QED) is 0.339. The highest BCUT2D eigenvalue weighted by Crippen LogP contribution is 2.36. The van der Waals surface area contributed by atoms with Gasteiger partial charge in [-0.3, -0.25) is 4.79 Å². The average Bonchev–Trinajstić information content (AvgIpc) is 3.48. The van der Waals surface area contributed by atoms with Crippen LogP contribution in [0.25, 0.3) is 22.3 Å². The van der Waals surface area contributed by atoms with Crippen LogP contribution in [0.3, 0.4) is 0 Å². The summed E-state index contributed by atoms with van der Waals surface area (Å²) in [5.41, 5.74) is 11.1. The Kier molecular flexibility index (Phi) is 6.68. The molecule has 2 aromatic carbocycles. The maximum absolute atomic E-state index is 9.00. The van der Waals surface area contributed by atoms with Crippen molar-refractivity contribution in [2.24, 2.45) is 0 Å². The van der Waals surface area contributed by atoms with Gasteiger partial charge in [0.05, 0.1) is 17.5 Å². The van der Waals surface area contributed by atoms with Crippen LogP contribution in [0.1, 0.15) is 37.4 Å². The molecule has 0 saturated carbocycles. The third-order valence-corrected chi connectivity index (χ3v) is 6.37. The Balaban J connectivity index is 0.000000623. The molecule has 5 N–H and O–H groups in total. The lowest BCUT2D eigenvalue weighted by Crippen LogP contribution is -2.30. The van der Waals surface area contributed by atoms with Crippen LogP contribution in [0.2, 0.25) is 0 Å². The van der Waals surface area contributed by atoms with Crippen molar-refractivity contribution in [1.82, 2.24) is 25.1 Å². The van der Waals surface area contributed by atoms with Crippen LogP contribution in [-0.2, 0) is 4.79 Å². The fourth-order valence-electron chi connectivity index (χ4n) is 4.71. The molecule has 0 radical (unpaired) electrons. The van der Waals surface area contributed by atoms with Crippen molar-refractivity contribution in [1.29, 1.82) is 0 Å². The Morgan fingerprint density at radius 3 is 2.61 bits per heavy atom. The number of para-hydroxylation sites is 1. The predicted octanol–water partition coefficient (Wildman–Crippen LogP) is 3.64. The lowest BCUT2D eigenvalue weighted by molar-refractivity contribution is -0.134. The van der Waals surface area contributed by atoms with Gasteiger partial charge < -0.3 is 26.2 Å². The number of nitrogens with zero attached hydrogens (tertiary/aromatic N) is 4. The summed E-state index contributed by atoms with van der Waals surface area (Å²) < 4.78 is 7.83. The van der Waals surface area contributed by atoms with Crippen molar-refractivity contribution in [2.75, 3.05) is 30.7 Å². The number of aliphatic carboxylic acids is 1. The number of benzene rings is 2. The Bertz CT molecular complexity index is 1360. The predicted molar refractivity (Wildman–Crippen MR) is 138 cm³/mol. The zero-order valence-corrected chi connectivity index (χ0v) is 20.0. The highest BCUT2D eigenvalue weighted by molar-refractivity contribution is 5.98. The zero-order chi connectivity index (χ0) is 25.1. The van der Waals surface area contributed by atoms with Gasteiger partial charge in [-0.05, 0) is 44.1 Å². The maximum Gasteiger partial charge on any atom is 0.300 e. The SMILES string of the molecule is CC(=O)O.Nc1ncnc2c1c(-c1ccc(NC3COc4ccccc43)cc1)nn2C1CCNCC1. The van der Waals surface area contributed by atoms with Gasteiger partial charge in [0, 0.05) is 23.7 Å². The van der Waals surface area contributed by atoms with Gasteiger partial charge in [0.2, 0.25) is 0 Å². The number of nitrogens with one attached hydrogen (secondary N) is 2. The Hall–Kier alpha value is -4.18. The normalized spacial score (nSPS) is 17.1. The topological polar surface area (TPSA) is 140 Å². The molecule has 2 aromatic heterocycles. The number of fused-ring (bicyclic) bond motifs is 2. The number of carbonyl (C=O) groups is 1. The van der Waals surface area contributed by atoms with Crippen LogP contribution in [0.15, 0.2) is 54.9 Å². The smallest absolute Gasteiger partial charge is 0.300 e. The van der Waals surface area contributed by atoms with E-state index in [1.165, 1.54) is 11.9 Å². The standard InChI is InChI=1S/C24H25N7O.C2H4O2/c25-23-21-22(30-31(24(21)28-14-27-23)17-9-11-26-12-10-17)15-5-7-16(8-6-15)29-19-13-32-20-4-2-1-3-18(19)20;1-2(3)4/h1-8,14,17,19,26,29H,9-13H2,(H2,25,27,28);1H3,(H,3,4). The first-order chi connectivity index (χ1) is 17.5. The molecular formula is C26H29N7O3. The summed E-state index contributed by atoms with van der Waals surface area (Å²) in [6, 6.07) is 16.9. The summed E-state index contributed by atoms with van der Waals surface area (Å²) in [7, 11) is 0. The molecule has 0 amide bonds. The van der Waals surface area contributed by atoms with Crippen LogP contribution in [0.5, 0.6) is 5.75 Å². The summed E-state index contributed by atoms with van der Waals surface area (Å²) >= 11 is 0. The Morgan fingerprint density at radius 1 is 1.14 bits per heavy atom. The van der Waals surface area contributed by atoms with Gasteiger partial charge in [0.1, 0.15) is 30.2 Å². The fraction of sp³-hybridized carbons (Fsp3) is 0.308. The lowest BCUT2D eigenvalue weighted by atomic mass is 10.1. The van der Waals surface area contributed by atoms with Crippen LogP contribution in [0, 0.1) is 0 Å². The van der Waals surface area contributed by atoms with Gasteiger partial charge in [0.15, 0.2) is 5.65 Å². The molecule has 6 rings (SSSR count). The van der Waals surface area contributed by atoms with E-state index in [0.717, 1.165) is 66.6 Å². The van der Waals surface area contributed by atoms with Crippen molar-refractivity contribution < 1.29 is 14.6 Å². The van der Waals surface area contributed by atoms with Crippen molar-refractivity contribution in [3.63, 3.8) is 0 Å². The minimum absolute atomic E-state index is 0.140. The maximum atomic E-state index is 9.00. The first-order valence-electron chi connectivity index (χ1n) is 12.0. The number of carboxylic acid groups (broad SMARTS) is 1. The van der Waals surface area contributed by atoms with E-state index in [0.29, 0.717) is 18.5 Å². The molecule has 0 aliphatic carbocycles. The van der Waals surface area contributed by atoms with Gasteiger partial charge in [-0.25, -0.2) is 14.6 Å². The molecule has 10 nitrogen and oxygen atoms in total. The van der Waals surface area contributed by atoms with Crippen molar-refractivity contribution in [3.05, 3.63) is 60.4 Å². The molecule has 0 bridgehead atoms. The number of nitrogen functional groups attached to an aromatic ring is 1. The van der Waals surface area contributed by atoms with Gasteiger partial charge >= 0.3 is 0 Å². The summed E-state index contributed by atoms with van der Waals surface area (Å²) in [5.74, 6) is 0.583. The average molecular weight is 488 g/mol. The van der Waals surface area contributed by atoms with Crippen LogP contribution in [-0.4, -0.2) is 50.5 Å². The zero-order valence-electron chi connectivity index (χ0n) is 20.0. The van der Waals surface area contributed by atoms with Crippen LogP contribution >= 0.6 is 0 Å². The minimum Gasteiger partial charge on any atom is -0.491 e. The van der Waals surface area contributed by atoms with Gasteiger partial charge in [-0.2, -0.15) is 5.10 Å². The number of nitrogens with two attached hydrogens (primary N) is 1. The van der Waals surface area contributed by atoms with Crippen molar-refractivity contribution >= 4 is 28.5 Å². The third kappa shape index (κ3) is 4.80. The molecule has 1 saturated heterocycles. The van der Waals surface area contributed by atoms with E-state index < -0.39 is 5.97 Å². The van der Waals surface area contributed by atoms with E-state index in [-0.39, 0.29) is 6.04 Å². The molecule has 1 unspecified atom stereocenters. The molecule has 1 atom stereocenters. The molecule has 0 spiro atoms. The van der Waals surface area contributed by atoms with Crippen LogP contribution < -0.4 is 21.1 Å². The minimum atomic E-state index is -0.833. The van der Waals surface area contributed by atoms with Gasteiger partial charge in [-0.1, -0.05) is 30.3 Å². The van der Waals surface area contributed by atoms with Gasteiger partial charge in [-0.15, -0.1) is 0 Å². The first-order valence-corrected chi connectivity index (χ1v) is 12.0. The number of anilines is 2. The molecule has 4 heterocycles. The molecule has 1 fully saturated rings. The largest absolute Gasteiger partial charge is 0.491 e. The summed E-state index contributed by atoms with van der Waals surface area (Å²) in [6.07, 6.45) is 3.57. The number of hydrogen-bond donors (Lipinski definition) is 4. The van der Waals surface area contributed by atoms with Crippen molar-refractivity contribution in [2.45, 2.75) is 31.8 Å². The number of piperidine rings is 1. The van der Waals surface area contributed by atoms with E-state index >= 15 is 0 Å². The number of ether oxygens (including phenoxy) is 1. The van der Waals surface area contributed by atoms with Crippen LogP contribution in [0.4, 0.5) is 11.5 Å². The van der Waals surface area contributed by atoms with E-state index in [2.05, 4.69) is 50.9 Å². The van der Waals surface area contributed by atoms with E-state index in [9.17, 15) is 0 Å². The van der Waals surface area contributed by atoms with E-state index in [1.807, 2.05) is 22.9 Å².